The van der Waals surface area contributed by atoms with Crippen LogP contribution in [0, 0.1) is 11.6 Å². The Hall–Kier alpha value is -3.39. The number of para-hydroxylation sites is 1. The molecule has 37 heavy (non-hydrogen) atoms. The lowest BCUT2D eigenvalue weighted by Gasteiger charge is -2.20. The summed E-state index contributed by atoms with van der Waals surface area (Å²) in [6.45, 7) is 0.966. The van der Waals surface area contributed by atoms with Gasteiger partial charge in [-0.15, -0.1) is 11.3 Å². The fraction of sp³-hybridized carbons (Fsp3) is 0.227. The van der Waals surface area contributed by atoms with Crippen molar-refractivity contribution >= 4 is 40.5 Å². The first-order valence-corrected chi connectivity index (χ1v) is 11.1. The number of carboxylic acid groups (broad SMARTS) is 1. The highest BCUT2D eigenvalue weighted by Crippen LogP contribution is 2.41. The van der Waals surface area contributed by atoms with Crippen LogP contribution in [-0.4, -0.2) is 34.2 Å². The second kappa shape index (κ2) is 10.2. The van der Waals surface area contributed by atoms with E-state index in [1.165, 1.54) is 12.1 Å². The van der Waals surface area contributed by atoms with Crippen molar-refractivity contribution in [3.63, 3.8) is 0 Å². The van der Waals surface area contributed by atoms with Crippen LogP contribution in [0.5, 0.6) is 5.75 Å². The van der Waals surface area contributed by atoms with Gasteiger partial charge < -0.3 is 15.2 Å². The number of anilines is 1. The summed E-state index contributed by atoms with van der Waals surface area (Å²) in [5.74, 6) is -10.1. The van der Waals surface area contributed by atoms with Gasteiger partial charge in [-0.1, -0.05) is 17.7 Å². The minimum absolute atomic E-state index is 0.0887. The number of alkyl halides is 5. The van der Waals surface area contributed by atoms with Crippen molar-refractivity contribution in [2.24, 2.45) is 0 Å². The summed E-state index contributed by atoms with van der Waals surface area (Å²) in [6.07, 6.45) is -7.47. The van der Waals surface area contributed by atoms with Crippen LogP contribution in [0.4, 0.5) is 36.4 Å². The molecular weight excluding hydrogens is 557 g/mol. The highest BCUT2D eigenvalue weighted by Gasteiger charge is 2.39. The number of carbonyl (C=O) groups is 2. The third kappa shape index (κ3) is 6.13. The number of rotatable bonds is 7. The summed E-state index contributed by atoms with van der Waals surface area (Å²) >= 11 is 5.92. The van der Waals surface area contributed by atoms with E-state index >= 15 is 4.39 Å². The molecule has 1 aromatic heterocycles. The van der Waals surface area contributed by atoms with Crippen LogP contribution in [0.25, 0.3) is 10.6 Å². The summed E-state index contributed by atoms with van der Waals surface area (Å²) in [5, 5.41) is 10.3. The van der Waals surface area contributed by atoms with Gasteiger partial charge in [-0.3, -0.25) is 4.79 Å². The molecule has 15 heteroatoms. The average Bonchev–Trinajstić information content (AvgIpc) is 3.23. The number of ether oxygens (including phenoxy) is 1. The summed E-state index contributed by atoms with van der Waals surface area (Å²) < 4.78 is 101. The first-order chi connectivity index (χ1) is 17.0. The zero-order valence-corrected chi connectivity index (χ0v) is 20.1. The topological polar surface area (TPSA) is 88.5 Å². The van der Waals surface area contributed by atoms with Gasteiger partial charge in [0.25, 0.3) is 11.8 Å². The molecule has 6 nitrogen and oxygen atoms in total. The fourth-order valence-corrected chi connectivity index (χ4v) is 4.14. The standard InChI is InChI=1S/C22H14ClF7N2O4S/c1-8(22(28,29)30)36-14-7-9(19-32-16(20(34)35)17(37-19)21(2,26)27)13(25)6-10(14)18(33)31-15-11(23)4-3-5-12(15)24/h3-8H,1-2H3,(H,31,33)(H,34,35). The molecule has 0 aliphatic rings. The highest BCUT2D eigenvalue weighted by molar-refractivity contribution is 7.15. The molecule has 1 heterocycles. The summed E-state index contributed by atoms with van der Waals surface area (Å²) in [7, 11) is 0. The van der Waals surface area contributed by atoms with Gasteiger partial charge in [0.05, 0.1) is 16.3 Å². The van der Waals surface area contributed by atoms with Gasteiger partial charge in [0, 0.05) is 12.5 Å². The Morgan fingerprint density at radius 2 is 1.78 bits per heavy atom. The number of aromatic nitrogens is 1. The monoisotopic (exact) mass is 570 g/mol. The Morgan fingerprint density at radius 1 is 1.14 bits per heavy atom. The van der Waals surface area contributed by atoms with Crippen LogP contribution in [-0.2, 0) is 5.92 Å². The Morgan fingerprint density at radius 3 is 2.30 bits per heavy atom. The molecule has 0 radical (unpaired) electrons. The number of hydrogen-bond donors (Lipinski definition) is 2. The summed E-state index contributed by atoms with van der Waals surface area (Å²) in [5.41, 5.74) is -3.18. The lowest BCUT2D eigenvalue weighted by atomic mass is 10.1. The van der Waals surface area contributed by atoms with Crippen molar-refractivity contribution < 1.29 is 50.2 Å². The molecular formula is C22H14ClF7N2O4S. The van der Waals surface area contributed by atoms with Crippen molar-refractivity contribution in [2.75, 3.05) is 5.32 Å². The number of carboxylic acids is 1. The van der Waals surface area contributed by atoms with E-state index in [0.717, 1.165) is 6.07 Å². The number of nitrogens with zero attached hydrogens (tertiary/aromatic N) is 1. The number of hydrogen-bond acceptors (Lipinski definition) is 5. The molecule has 0 bridgehead atoms. The van der Waals surface area contributed by atoms with E-state index in [2.05, 4.69) is 4.98 Å². The predicted octanol–water partition coefficient (Wildman–Crippen LogP) is 7.13. The second-order valence-corrected chi connectivity index (χ2v) is 8.98. The maximum Gasteiger partial charge on any atom is 0.425 e. The summed E-state index contributed by atoms with van der Waals surface area (Å²) in [4.78, 5) is 26.6. The Balaban J connectivity index is 2.17. The van der Waals surface area contributed by atoms with Crippen LogP contribution < -0.4 is 10.1 Å². The molecule has 198 valence electrons. The molecule has 1 atom stereocenters. The fourth-order valence-electron chi connectivity index (χ4n) is 2.93. The smallest absolute Gasteiger partial charge is 0.425 e. The van der Waals surface area contributed by atoms with Crippen molar-refractivity contribution in [3.05, 3.63) is 63.1 Å². The third-order valence-electron chi connectivity index (χ3n) is 4.74. The van der Waals surface area contributed by atoms with Crippen molar-refractivity contribution in [1.29, 1.82) is 0 Å². The van der Waals surface area contributed by atoms with Crippen LogP contribution in [0.3, 0.4) is 0 Å². The third-order valence-corrected chi connectivity index (χ3v) is 6.31. The quantitative estimate of drug-likeness (QED) is 0.295. The molecule has 0 aliphatic carbocycles. The van der Waals surface area contributed by atoms with E-state index < -0.39 is 79.9 Å². The Kier molecular flexibility index (Phi) is 7.75. The maximum atomic E-state index is 15.1. The van der Waals surface area contributed by atoms with E-state index in [1.807, 2.05) is 5.32 Å². The van der Waals surface area contributed by atoms with Gasteiger partial charge in [0.15, 0.2) is 11.8 Å². The summed E-state index contributed by atoms with van der Waals surface area (Å²) in [6, 6.07) is 4.35. The number of nitrogens with one attached hydrogen (secondary N) is 1. The first kappa shape index (κ1) is 28.2. The van der Waals surface area contributed by atoms with Crippen LogP contribution in [0.2, 0.25) is 5.02 Å². The first-order valence-electron chi connectivity index (χ1n) is 9.95. The normalized spacial score (nSPS) is 12.8. The molecule has 0 aliphatic heterocycles. The van der Waals surface area contributed by atoms with Gasteiger partial charge in [-0.25, -0.2) is 27.3 Å². The second-order valence-electron chi connectivity index (χ2n) is 7.57. The van der Waals surface area contributed by atoms with Crippen molar-refractivity contribution in [1.82, 2.24) is 4.98 Å². The molecule has 0 saturated heterocycles. The number of aromatic carboxylic acids is 1. The number of halogens is 8. The van der Waals surface area contributed by atoms with Crippen LogP contribution in [0.15, 0.2) is 30.3 Å². The van der Waals surface area contributed by atoms with Crippen LogP contribution in [0.1, 0.15) is 39.6 Å². The van der Waals surface area contributed by atoms with Crippen molar-refractivity contribution in [3.8, 4) is 16.3 Å². The van der Waals surface area contributed by atoms with Crippen molar-refractivity contribution in [2.45, 2.75) is 32.1 Å². The molecule has 0 fully saturated rings. The minimum Gasteiger partial charge on any atom is -0.480 e. The molecule has 0 spiro atoms. The molecule has 1 unspecified atom stereocenters. The number of benzene rings is 2. The lowest BCUT2D eigenvalue weighted by Crippen LogP contribution is -2.32. The zero-order chi connectivity index (χ0) is 27.9. The van der Waals surface area contributed by atoms with Gasteiger partial charge in [0.1, 0.15) is 27.3 Å². The Labute approximate surface area is 212 Å². The van der Waals surface area contributed by atoms with E-state index in [9.17, 15) is 41.0 Å². The largest absolute Gasteiger partial charge is 0.480 e. The average molecular weight is 571 g/mol. The van der Waals surface area contributed by atoms with Gasteiger partial charge in [-0.2, -0.15) is 13.2 Å². The highest BCUT2D eigenvalue weighted by atomic mass is 35.5. The predicted molar refractivity (Wildman–Crippen MR) is 120 cm³/mol. The zero-order valence-electron chi connectivity index (χ0n) is 18.5. The Bertz CT molecular complexity index is 1350. The molecule has 1 amide bonds. The van der Waals surface area contributed by atoms with Gasteiger partial charge in [-0.05, 0) is 31.2 Å². The molecule has 2 N–H and O–H groups in total. The van der Waals surface area contributed by atoms with Crippen LogP contribution >= 0.6 is 22.9 Å². The van der Waals surface area contributed by atoms with Gasteiger partial charge >= 0.3 is 12.1 Å². The molecule has 3 aromatic rings. The molecule has 0 saturated carbocycles. The maximum absolute atomic E-state index is 15.1. The lowest BCUT2D eigenvalue weighted by molar-refractivity contribution is -0.189. The molecule has 2 aromatic carbocycles. The van der Waals surface area contributed by atoms with E-state index in [1.54, 1.807) is 0 Å². The van der Waals surface area contributed by atoms with E-state index in [4.69, 9.17) is 16.3 Å². The van der Waals surface area contributed by atoms with E-state index in [0.29, 0.717) is 26.0 Å². The number of amides is 1. The van der Waals surface area contributed by atoms with Gasteiger partial charge in [0.2, 0.25) is 0 Å². The number of carbonyl (C=O) groups excluding carboxylic acids is 1. The molecule has 3 rings (SSSR count). The SMILES string of the molecule is CC(Oc1cc(-c2nc(C(=O)O)c(C(C)(F)F)s2)c(F)cc1C(=O)Nc1c(F)cccc1Cl)C(F)(F)F. The number of thiazole rings is 1. The minimum atomic E-state index is -4.94. The van der Waals surface area contributed by atoms with E-state index in [-0.39, 0.29) is 16.4 Å².